The van der Waals surface area contributed by atoms with E-state index in [4.69, 9.17) is 0 Å². The Bertz CT molecular complexity index is 742. The van der Waals surface area contributed by atoms with E-state index in [0.717, 1.165) is 4.31 Å². The fourth-order valence-electron chi connectivity index (χ4n) is 3.02. The zero-order chi connectivity index (χ0) is 16.1. The molecule has 0 saturated carbocycles. The number of sulfonamides is 1. The van der Waals surface area contributed by atoms with Crippen molar-refractivity contribution in [3.63, 3.8) is 0 Å². The lowest BCUT2D eigenvalue weighted by Gasteiger charge is -2.21. The van der Waals surface area contributed by atoms with Crippen molar-refractivity contribution < 1.29 is 23.1 Å². The van der Waals surface area contributed by atoms with Crippen molar-refractivity contribution in [2.24, 2.45) is 11.3 Å². The predicted octanol–water partition coefficient (Wildman–Crippen LogP) is -1.28. The minimum atomic E-state index is -3.86. The van der Waals surface area contributed by atoms with Gasteiger partial charge in [0.25, 0.3) is 0 Å². The average Bonchev–Trinajstić information content (AvgIpc) is 3.14. The van der Waals surface area contributed by atoms with Gasteiger partial charge in [0.15, 0.2) is 0 Å². The van der Waals surface area contributed by atoms with E-state index in [1.165, 1.54) is 17.1 Å². The summed E-state index contributed by atoms with van der Waals surface area (Å²) in [5, 5.41) is 15.9. The van der Waals surface area contributed by atoms with Crippen LogP contribution < -0.4 is 5.32 Å². The molecule has 2 atom stereocenters. The maximum absolute atomic E-state index is 12.6. The summed E-state index contributed by atoms with van der Waals surface area (Å²) in [6.07, 6.45) is 2.64. The molecule has 22 heavy (non-hydrogen) atoms. The number of carboxylic acids is 1. The van der Waals surface area contributed by atoms with Gasteiger partial charge in [-0.25, -0.2) is 8.42 Å². The number of hydrogen-bond donors (Lipinski definition) is 2. The van der Waals surface area contributed by atoms with Gasteiger partial charge in [-0.05, 0) is 6.92 Å². The third-order valence-electron chi connectivity index (χ3n) is 4.40. The van der Waals surface area contributed by atoms with Gasteiger partial charge < -0.3 is 10.4 Å². The van der Waals surface area contributed by atoms with Crippen molar-refractivity contribution in [3.8, 4) is 0 Å². The van der Waals surface area contributed by atoms with Crippen molar-refractivity contribution in [1.82, 2.24) is 19.4 Å². The summed E-state index contributed by atoms with van der Waals surface area (Å²) >= 11 is 0. The number of aryl methyl sites for hydroxylation is 1. The van der Waals surface area contributed by atoms with E-state index in [-0.39, 0.29) is 24.5 Å². The highest BCUT2D eigenvalue weighted by Gasteiger charge is 2.61. The molecule has 3 rings (SSSR count). The van der Waals surface area contributed by atoms with Crippen molar-refractivity contribution in [3.05, 3.63) is 12.4 Å². The molecule has 1 aromatic heterocycles. The fraction of sp³-hybridized carbons (Fsp3) is 0.583. The van der Waals surface area contributed by atoms with Crippen molar-refractivity contribution in [2.75, 3.05) is 19.6 Å². The molecule has 2 fully saturated rings. The first-order valence-electron chi connectivity index (χ1n) is 6.85. The molecule has 0 radical (unpaired) electrons. The van der Waals surface area contributed by atoms with E-state index >= 15 is 0 Å². The van der Waals surface area contributed by atoms with Crippen LogP contribution in [0.25, 0.3) is 0 Å². The van der Waals surface area contributed by atoms with E-state index in [0.29, 0.717) is 6.54 Å². The maximum Gasteiger partial charge on any atom is 0.313 e. The summed E-state index contributed by atoms with van der Waals surface area (Å²) in [4.78, 5) is 23.4. The molecule has 9 nitrogen and oxygen atoms in total. The predicted molar refractivity (Wildman–Crippen MR) is 73.2 cm³/mol. The number of hydrogen-bond acceptors (Lipinski definition) is 5. The summed E-state index contributed by atoms with van der Waals surface area (Å²) in [5.74, 6) is -2.43. The minimum Gasteiger partial charge on any atom is -0.481 e. The lowest BCUT2D eigenvalue weighted by atomic mass is 9.81. The molecule has 1 aromatic rings. The topological polar surface area (TPSA) is 122 Å². The molecule has 120 valence electrons. The number of carboxylic acid groups (broad SMARTS) is 1. The molecule has 10 heteroatoms. The van der Waals surface area contributed by atoms with Gasteiger partial charge in [-0.1, -0.05) is 0 Å². The molecule has 1 amide bonds. The number of carbonyl (C=O) groups excluding carboxylic acids is 1. The number of carbonyl (C=O) groups is 2. The van der Waals surface area contributed by atoms with Gasteiger partial charge in [0.2, 0.25) is 15.9 Å². The summed E-state index contributed by atoms with van der Waals surface area (Å²) in [6, 6.07) is 0. The van der Waals surface area contributed by atoms with Crippen LogP contribution in [-0.2, 0) is 26.2 Å². The summed E-state index contributed by atoms with van der Waals surface area (Å²) in [7, 11) is -3.86. The van der Waals surface area contributed by atoms with Crippen LogP contribution in [-0.4, -0.2) is 59.1 Å². The Morgan fingerprint density at radius 3 is 2.86 bits per heavy atom. The van der Waals surface area contributed by atoms with Crippen molar-refractivity contribution in [1.29, 1.82) is 0 Å². The molecule has 2 saturated heterocycles. The summed E-state index contributed by atoms with van der Waals surface area (Å²) in [5.41, 5.74) is -1.38. The lowest BCUT2D eigenvalue weighted by molar-refractivity contribution is -0.149. The summed E-state index contributed by atoms with van der Waals surface area (Å²) < 4.78 is 27.8. The first-order valence-corrected chi connectivity index (χ1v) is 8.29. The quantitative estimate of drug-likeness (QED) is 0.710. The minimum absolute atomic E-state index is 0.00951. The second-order valence-electron chi connectivity index (χ2n) is 5.56. The van der Waals surface area contributed by atoms with Crippen LogP contribution in [0.1, 0.15) is 6.92 Å². The second kappa shape index (κ2) is 4.78. The highest BCUT2D eigenvalue weighted by atomic mass is 32.2. The third-order valence-corrected chi connectivity index (χ3v) is 6.17. The van der Waals surface area contributed by atoms with Crippen LogP contribution in [0.4, 0.5) is 0 Å². The maximum atomic E-state index is 12.6. The molecule has 0 spiro atoms. The molecule has 0 bridgehead atoms. The Balaban J connectivity index is 1.94. The Morgan fingerprint density at radius 2 is 2.32 bits per heavy atom. The number of rotatable bonds is 4. The molecule has 2 N–H and O–H groups in total. The van der Waals surface area contributed by atoms with Crippen molar-refractivity contribution >= 4 is 21.9 Å². The largest absolute Gasteiger partial charge is 0.481 e. The van der Waals surface area contributed by atoms with Gasteiger partial charge in [-0.2, -0.15) is 9.40 Å². The first kappa shape index (κ1) is 15.0. The highest BCUT2D eigenvalue weighted by Crippen LogP contribution is 2.41. The smallest absolute Gasteiger partial charge is 0.313 e. The fourth-order valence-corrected chi connectivity index (χ4v) is 4.50. The molecule has 2 aliphatic heterocycles. The standard InChI is InChI=1S/C12H16N4O5S/c1-2-15-4-8(3-14-15)22(20,21)16-5-9-10(17)13-6-12(9,7-16)11(18)19/h3-4,9H,2,5-7H2,1H3,(H,13,17)(H,18,19)/t9-,12+/m1/s1. The van der Waals surface area contributed by atoms with Crippen LogP contribution in [0.15, 0.2) is 17.3 Å². The molecule has 2 aliphatic rings. The first-order chi connectivity index (χ1) is 10.3. The second-order valence-corrected chi connectivity index (χ2v) is 7.50. The van der Waals surface area contributed by atoms with Crippen LogP contribution >= 0.6 is 0 Å². The average molecular weight is 328 g/mol. The SMILES string of the molecule is CCn1cc(S(=O)(=O)N2C[C@@H]3C(=O)NC[C@]3(C(=O)O)C2)cn1. The number of fused-ring (bicyclic) bond motifs is 1. The monoisotopic (exact) mass is 328 g/mol. The number of nitrogens with zero attached hydrogens (tertiary/aromatic N) is 3. The Hall–Kier alpha value is -1.94. The third kappa shape index (κ3) is 1.94. The van der Waals surface area contributed by atoms with E-state index < -0.39 is 33.2 Å². The molecule has 0 aliphatic carbocycles. The van der Waals surface area contributed by atoms with E-state index in [9.17, 15) is 23.1 Å². The van der Waals surface area contributed by atoms with Crippen LogP contribution in [0, 0.1) is 11.3 Å². The summed E-state index contributed by atoms with van der Waals surface area (Å²) in [6.45, 7) is 1.96. The zero-order valence-corrected chi connectivity index (χ0v) is 12.7. The van der Waals surface area contributed by atoms with E-state index in [1.54, 1.807) is 0 Å². The van der Waals surface area contributed by atoms with Gasteiger partial charge in [-0.15, -0.1) is 0 Å². The van der Waals surface area contributed by atoms with Crippen LogP contribution in [0.2, 0.25) is 0 Å². The van der Waals surface area contributed by atoms with Gasteiger partial charge in [-0.3, -0.25) is 14.3 Å². The van der Waals surface area contributed by atoms with Gasteiger partial charge in [0, 0.05) is 32.4 Å². The normalized spacial score (nSPS) is 28.6. The van der Waals surface area contributed by atoms with Gasteiger partial charge in [0.05, 0.1) is 12.1 Å². The molecule has 0 unspecified atom stereocenters. The Kier molecular flexibility index (Phi) is 3.25. The molecule has 0 aromatic carbocycles. The lowest BCUT2D eigenvalue weighted by Crippen LogP contribution is -2.41. The highest BCUT2D eigenvalue weighted by molar-refractivity contribution is 7.89. The Morgan fingerprint density at radius 1 is 1.59 bits per heavy atom. The van der Waals surface area contributed by atoms with Crippen molar-refractivity contribution in [2.45, 2.75) is 18.4 Å². The van der Waals surface area contributed by atoms with Gasteiger partial charge >= 0.3 is 5.97 Å². The van der Waals surface area contributed by atoms with Gasteiger partial charge in [0.1, 0.15) is 10.3 Å². The van der Waals surface area contributed by atoms with E-state index in [1.807, 2.05) is 6.92 Å². The van der Waals surface area contributed by atoms with E-state index in [2.05, 4.69) is 10.4 Å². The molecular formula is C12H16N4O5S. The molecule has 3 heterocycles. The number of aliphatic carboxylic acids is 1. The Labute approximate surface area is 126 Å². The zero-order valence-electron chi connectivity index (χ0n) is 11.9. The molecular weight excluding hydrogens is 312 g/mol. The number of aromatic nitrogens is 2. The van der Waals surface area contributed by atoms with Crippen LogP contribution in [0.3, 0.4) is 0 Å². The van der Waals surface area contributed by atoms with Crippen LogP contribution in [0.5, 0.6) is 0 Å². The number of amides is 1. The number of nitrogens with one attached hydrogen (secondary N) is 1.